The van der Waals surface area contributed by atoms with Gasteiger partial charge in [0.1, 0.15) is 0 Å². The van der Waals surface area contributed by atoms with Gasteiger partial charge in [0.05, 0.1) is 5.92 Å². The first kappa shape index (κ1) is 16.3. The number of carbonyl (C=O) groups is 2. The minimum Gasteiger partial charge on any atom is -0.481 e. The number of likely N-dealkylation sites (tertiary alicyclic amines) is 1. The molecule has 0 bridgehead atoms. The van der Waals surface area contributed by atoms with Crippen molar-refractivity contribution >= 4 is 11.9 Å². The molecule has 120 valence electrons. The van der Waals surface area contributed by atoms with Crippen molar-refractivity contribution in [2.75, 3.05) is 6.54 Å². The van der Waals surface area contributed by atoms with E-state index in [0.717, 1.165) is 19.3 Å². The van der Waals surface area contributed by atoms with Crippen molar-refractivity contribution in [3.8, 4) is 0 Å². The molecule has 0 aromatic carbocycles. The number of carboxylic acid groups (broad SMARTS) is 1. The molecule has 2 fully saturated rings. The zero-order chi connectivity index (χ0) is 15.4. The number of carboxylic acids is 1. The first-order valence-corrected chi connectivity index (χ1v) is 8.57. The quantitative estimate of drug-likeness (QED) is 0.818. The topological polar surface area (TPSA) is 57.6 Å². The molecule has 1 saturated heterocycles. The van der Waals surface area contributed by atoms with Gasteiger partial charge in [0.25, 0.3) is 0 Å². The van der Waals surface area contributed by atoms with Crippen LogP contribution in [0.3, 0.4) is 0 Å². The number of hydrogen-bond donors (Lipinski definition) is 1. The molecule has 0 aromatic heterocycles. The summed E-state index contributed by atoms with van der Waals surface area (Å²) < 4.78 is 0. The molecule has 0 aromatic rings. The molecule has 1 saturated carbocycles. The lowest BCUT2D eigenvalue weighted by atomic mass is 9.89. The Morgan fingerprint density at radius 3 is 2.43 bits per heavy atom. The normalized spacial score (nSPS) is 28.0. The molecule has 0 spiro atoms. The minimum atomic E-state index is -0.763. The van der Waals surface area contributed by atoms with Crippen LogP contribution in [0.1, 0.15) is 65.2 Å². The molecule has 4 heteroatoms. The minimum absolute atomic E-state index is 0.105. The molecule has 3 unspecified atom stereocenters. The molecular weight excluding hydrogens is 266 g/mol. The molecule has 1 aliphatic heterocycles. The first-order valence-electron chi connectivity index (χ1n) is 8.57. The average molecular weight is 295 g/mol. The number of rotatable bonds is 6. The van der Waals surface area contributed by atoms with Crippen LogP contribution in [0.15, 0.2) is 0 Å². The van der Waals surface area contributed by atoms with Crippen LogP contribution in [0.4, 0.5) is 0 Å². The van der Waals surface area contributed by atoms with Gasteiger partial charge < -0.3 is 10.0 Å². The van der Waals surface area contributed by atoms with Crippen molar-refractivity contribution in [1.82, 2.24) is 4.90 Å². The van der Waals surface area contributed by atoms with E-state index in [1.165, 1.54) is 25.7 Å². The van der Waals surface area contributed by atoms with Crippen molar-refractivity contribution in [2.24, 2.45) is 17.8 Å². The summed E-state index contributed by atoms with van der Waals surface area (Å²) in [6.07, 6.45) is 8.71. The Bertz CT molecular complexity index is 376. The molecule has 1 N–H and O–H groups in total. The Labute approximate surface area is 127 Å². The van der Waals surface area contributed by atoms with Crippen LogP contribution in [-0.2, 0) is 9.59 Å². The SMILES string of the molecule is CCCC(CC1CCCC1)C(=O)N1CCC(C(=O)O)C1C. The number of nitrogens with zero attached hydrogens (tertiary/aromatic N) is 1. The second kappa shape index (κ2) is 7.28. The number of carbonyl (C=O) groups excluding carboxylic acids is 1. The summed E-state index contributed by atoms with van der Waals surface area (Å²) in [5, 5.41) is 9.22. The highest BCUT2D eigenvalue weighted by molar-refractivity contribution is 5.81. The zero-order valence-corrected chi connectivity index (χ0v) is 13.4. The Hall–Kier alpha value is -1.06. The lowest BCUT2D eigenvalue weighted by Gasteiger charge is -2.29. The smallest absolute Gasteiger partial charge is 0.308 e. The Kier molecular flexibility index (Phi) is 5.65. The van der Waals surface area contributed by atoms with Crippen LogP contribution >= 0.6 is 0 Å². The second-order valence-electron chi connectivity index (χ2n) is 6.88. The summed E-state index contributed by atoms with van der Waals surface area (Å²) >= 11 is 0. The maximum atomic E-state index is 12.8. The van der Waals surface area contributed by atoms with Gasteiger partial charge in [-0.1, -0.05) is 39.0 Å². The van der Waals surface area contributed by atoms with Gasteiger partial charge in [0, 0.05) is 18.5 Å². The van der Waals surface area contributed by atoms with Gasteiger partial charge in [-0.25, -0.2) is 0 Å². The van der Waals surface area contributed by atoms with E-state index in [2.05, 4.69) is 6.92 Å². The van der Waals surface area contributed by atoms with Gasteiger partial charge in [0.15, 0.2) is 0 Å². The third-order valence-electron chi connectivity index (χ3n) is 5.43. The summed E-state index contributed by atoms with van der Waals surface area (Å²) in [5.41, 5.74) is 0. The highest BCUT2D eigenvalue weighted by atomic mass is 16.4. The fourth-order valence-corrected chi connectivity index (χ4v) is 4.15. The van der Waals surface area contributed by atoms with Crippen LogP contribution in [0, 0.1) is 17.8 Å². The van der Waals surface area contributed by atoms with Crippen molar-refractivity contribution < 1.29 is 14.7 Å². The Morgan fingerprint density at radius 1 is 1.24 bits per heavy atom. The molecular formula is C17H29NO3. The highest BCUT2D eigenvalue weighted by Crippen LogP contribution is 2.34. The van der Waals surface area contributed by atoms with E-state index >= 15 is 0 Å². The van der Waals surface area contributed by atoms with Crippen molar-refractivity contribution in [3.63, 3.8) is 0 Å². The molecule has 1 amide bonds. The lowest BCUT2D eigenvalue weighted by molar-refractivity contribution is -0.143. The molecule has 1 heterocycles. The summed E-state index contributed by atoms with van der Waals surface area (Å²) in [7, 11) is 0. The average Bonchev–Trinajstić information content (AvgIpc) is 3.07. The second-order valence-corrected chi connectivity index (χ2v) is 6.88. The van der Waals surface area contributed by atoms with Gasteiger partial charge >= 0.3 is 5.97 Å². The monoisotopic (exact) mass is 295 g/mol. The Morgan fingerprint density at radius 2 is 1.90 bits per heavy atom. The van der Waals surface area contributed by atoms with E-state index in [1.807, 2.05) is 11.8 Å². The number of aliphatic carboxylic acids is 1. The zero-order valence-electron chi connectivity index (χ0n) is 13.4. The highest BCUT2D eigenvalue weighted by Gasteiger charge is 2.40. The van der Waals surface area contributed by atoms with E-state index in [9.17, 15) is 14.7 Å². The molecule has 2 aliphatic rings. The van der Waals surface area contributed by atoms with E-state index < -0.39 is 5.97 Å². The van der Waals surface area contributed by atoms with Crippen LogP contribution in [-0.4, -0.2) is 34.5 Å². The third-order valence-corrected chi connectivity index (χ3v) is 5.43. The predicted molar refractivity (Wildman–Crippen MR) is 81.9 cm³/mol. The van der Waals surface area contributed by atoms with Gasteiger partial charge in [-0.15, -0.1) is 0 Å². The number of hydrogen-bond acceptors (Lipinski definition) is 2. The van der Waals surface area contributed by atoms with Crippen LogP contribution in [0.2, 0.25) is 0 Å². The fourth-order valence-electron chi connectivity index (χ4n) is 4.15. The van der Waals surface area contributed by atoms with Crippen LogP contribution < -0.4 is 0 Å². The standard InChI is InChI=1S/C17H29NO3/c1-3-6-14(11-13-7-4-5-8-13)16(19)18-10-9-15(12(18)2)17(20)21/h12-15H,3-11H2,1-2H3,(H,20,21). The van der Waals surface area contributed by atoms with Crippen LogP contribution in [0.5, 0.6) is 0 Å². The fraction of sp³-hybridized carbons (Fsp3) is 0.882. The van der Waals surface area contributed by atoms with Crippen LogP contribution in [0.25, 0.3) is 0 Å². The van der Waals surface area contributed by atoms with Gasteiger partial charge in [-0.3, -0.25) is 9.59 Å². The van der Waals surface area contributed by atoms with E-state index in [0.29, 0.717) is 18.9 Å². The summed E-state index contributed by atoms with van der Waals surface area (Å²) in [6.45, 7) is 4.63. The van der Waals surface area contributed by atoms with Crippen molar-refractivity contribution in [2.45, 2.75) is 71.3 Å². The van der Waals surface area contributed by atoms with Gasteiger partial charge in [-0.2, -0.15) is 0 Å². The summed E-state index contributed by atoms with van der Waals surface area (Å²) in [6, 6.07) is -0.155. The largest absolute Gasteiger partial charge is 0.481 e. The summed E-state index contributed by atoms with van der Waals surface area (Å²) in [4.78, 5) is 25.9. The van der Waals surface area contributed by atoms with E-state index in [1.54, 1.807) is 0 Å². The van der Waals surface area contributed by atoms with Crippen molar-refractivity contribution in [1.29, 1.82) is 0 Å². The molecule has 3 atom stereocenters. The van der Waals surface area contributed by atoms with Gasteiger partial charge in [-0.05, 0) is 32.1 Å². The molecule has 2 rings (SSSR count). The molecule has 1 aliphatic carbocycles. The molecule has 0 radical (unpaired) electrons. The predicted octanol–water partition coefficient (Wildman–Crippen LogP) is 3.30. The Balaban J connectivity index is 1.98. The number of amides is 1. The maximum absolute atomic E-state index is 12.8. The molecule has 4 nitrogen and oxygen atoms in total. The first-order chi connectivity index (χ1) is 10.0. The maximum Gasteiger partial charge on any atom is 0.308 e. The van der Waals surface area contributed by atoms with E-state index in [-0.39, 0.29) is 23.8 Å². The van der Waals surface area contributed by atoms with Crippen molar-refractivity contribution in [3.05, 3.63) is 0 Å². The summed E-state index contributed by atoms with van der Waals surface area (Å²) in [5.74, 6) is -0.130. The molecule has 21 heavy (non-hydrogen) atoms. The lowest BCUT2D eigenvalue weighted by Crippen LogP contribution is -2.41. The third kappa shape index (κ3) is 3.78. The van der Waals surface area contributed by atoms with E-state index in [4.69, 9.17) is 0 Å². The van der Waals surface area contributed by atoms with Gasteiger partial charge in [0.2, 0.25) is 5.91 Å².